The number of amides is 3. The Morgan fingerprint density at radius 2 is 1.77 bits per heavy atom. The van der Waals surface area contributed by atoms with E-state index in [-0.39, 0.29) is 0 Å². The summed E-state index contributed by atoms with van der Waals surface area (Å²) >= 11 is 6.27. The van der Waals surface area contributed by atoms with Gasteiger partial charge in [-0.15, -0.1) is 0 Å². The number of terminal acetylenes is 1. The first-order valence-corrected chi connectivity index (χ1v) is 11.3. The predicted octanol–water partition coefficient (Wildman–Crippen LogP) is 3.94. The van der Waals surface area contributed by atoms with Crippen molar-refractivity contribution in [1.82, 2.24) is 10.2 Å². The van der Waals surface area contributed by atoms with Crippen LogP contribution in [0.3, 0.4) is 0 Å². The zero-order chi connectivity index (χ0) is 26.3. The highest BCUT2D eigenvalue weighted by atomic mass is 35.5. The smallest absolute Gasteiger partial charge is 0.408 e. The number of anilines is 1. The van der Waals surface area contributed by atoms with Gasteiger partial charge in [0.15, 0.2) is 0 Å². The molecule has 35 heavy (non-hydrogen) atoms. The fraction of sp³-hybridized carbons (Fsp3) is 0.346. The van der Waals surface area contributed by atoms with Crippen molar-refractivity contribution in [2.75, 3.05) is 11.9 Å². The van der Waals surface area contributed by atoms with Crippen molar-refractivity contribution < 1.29 is 24.2 Å². The normalized spacial score (nSPS) is 12.6. The van der Waals surface area contributed by atoms with Crippen molar-refractivity contribution in [3.05, 3.63) is 64.2 Å². The number of hydrogen-bond donors (Lipinski definition) is 3. The van der Waals surface area contributed by atoms with Crippen LogP contribution in [0.1, 0.15) is 43.5 Å². The van der Waals surface area contributed by atoms with E-state index in [2.05, 4.69) is 16.7 Å². The maximum absolute atomic E-state index is 13.5. The van der Waals surface area contributed by atoms with Gasteiger partial charge in [0.2, 0.25) is 0 Å². The van der Waals surface area contributed by atoms with Gasteiger partial charge in [0, 0.05) is 6.04 Å². The van der Waals surface area contributed by atoms with Crippen LogP contribution in [0.15, 0.2) is 42.5 Å². The molecule has 2 rings (SSSR count). The molecular formula is C26H30ClN3O5. The summed E-state index contributed by atoms with van der Waals surface area (Å²) in [5.74, 6) is -1.48. The van der Waals surface area contributed by atoms with Gasteiger partial charge in [-0.2, -0.15) is 0 Å². The number of aryl methyl sites for hydroxylation is 2. The van der Waals surface area contributed by atoms with Crippen LogP contribution in [0.5, 0.6) is 0 Å². The molecule has 0 aromatic heterocycles. The number of nitrogens with zero attached hydrogens (tertiary/aromatic N) is 1. The summed E-state index contributed by atoms with van der Waals surface area (Å²) < 4.78 is 5.17. The Labute approximate surface area is 210 Å². The zero-order valence-electron chi connectivity index (χ0n) is 20.4. The van der Waals surface area contributed by atoms with E-state index in [4.69, 9.17) is 22.8 Å². The fourth-order valence-electron chi connectivity index (χ4n) is 3.22. The molecule has 2 aromatic carbocycles. The lowest BCUT2D eigenvalue weighted by Crippen LogP contribution is -2.52. The van der Waals surface area contributed by atoms with E-state index in [1.807, 2.05) is 6.92 Å². The van der Waals surface area contributed by atoms with Crippen molar-refractivity contribution in [1.29, 1.82) is 0 Å². The molecule has 0 saturated carbocycles. The highest BCUT2D eigenvalue weighted by molar-refractivity contribution is 6.34. The number of hydrogen-bond acceptors (Lipinski definition) is 5. The average molecular weight is 500 g/mol. The number of alkyl carbamates (subject to hydrolysis) is 1. The summed E-state index contributed by atoms with van der Waals surface area (Å²) in [6.07, 6.45) is 4.77. The summed E-state index contributed by atoms with van der Waals surface area (Å²) in [4.78, 5) is 39.9. The lowest BCUT2D eigenvalue weighted by atomic mass is 10.0. The molecule has 2 atom stereocenters. The van der Waals surface area contributed by atoms with Gasteiger partial charge in [-0.05, 0) is 51.8 Å². The molecule has 186 valence electrons. The van der Waals surface area contributed by atoms with Crippen LogP contribution in [0.2, 0.25) is 5.02 Å². The van der Waals surface area contributed by atoms with Gasteiger partial charge in [0.05, 0.1) is 17.3 Å². The standard InChI is InChI=1S/C26H30ClN3O5/c1-7-30(24(33)20(15-31)28-25(34)35-26(4,5)6)22(18-13-11-16(2)12-14-18)23(32)29-21-17(3)9-8-10-19(21)27/h1,8-14,20,22,31H,15H2,2-6H3,(H,28,34)(H,29,32). The maximum atomic E-state index is 13.5. The first-order valence-electron chi connectivity index (χ1n) is 10.9. The Balaban J connectivity index is 2.43. The van der Waals surface area contributed by atoms with Gasteiger partial charge < -0.3 is 20.5 Å². The Hall–Kier alpha value is -3.54. The molecule has 0 aliphatic heterocycles. The lowest BCUT2D eigenvalue weighted by Gasteiger charge is -2.30. The minimum atomic E-state index is -1.44. The number of aliphatic hydroxyl groups excluding tert-OH is 1. The largest absolute Gasteiger partial charge is 0.444 e. The quantitative estimate of drug-likeness (QED) is 0.395. The van der Waals surface area contributed by atoms with E-state index in [1.54, 1.807) is 70.2 Å². The van der Waals surface area contributed by atoms with E-state index in [0.29, 0.717) is 21.8 Å². The fourth-order valence-corrected chi connectivity index (χ4v) is 3.49. The lowest BCUT2D eigenvalue weighted by molar-refractivity contribution is -0.137. The summed E-state index contributed by atoms with van der Waals surface area (Å²) in [5, 5.41) is 15.2. The first kappa shape index (κ1) is 27.7. The highest BCUT2D eigenvalue weighted by Crippen LogP contribution is 2.29. The van der Waals surface area contributed by atoms with Crippen molar-refractivity contribution in [2.24, 2.45) is 0 Å². The monoisotopic (exact) mass is 499 g/mol. The molecule has 0 spiro atoms. The summed E-state index contributed by atoms with van der Waals surface area (Å²) in [6.45, 7) is 7.86. The van der Waals surface area contributed by atoms with Gasteiger partial charge >= 0.3 is 6.09 Å². The number of aliphatic hydroxyl groups is 1. The van der Waals surface area contributed by atoms with Crippen molar-refractivity contribution in [2.45, 2.75) is 52.3 Å². The number of carbonyl (C=O) groups excluding carboxylic acids is 3. The van der Waals surface area contributed by atoms with Crippen molar-refractivity contribution in [3.63, 3.8) is 0 Å². The van der Waals surface area contributed by atoms with Gasteiger partial charge in [0.25, 0.3) is 11.8 Å². The molecule has 0 heterocycles. The molecule has 0 bridgehead atoms. The highest BCUT2D eigenvalue weighted by Gasteiger charge is 2.36. The second kappa shape index (κ2) is 11.7. The van der Waals surface area contributed by atoms with E-state index < -0.39 is 42.2 Å². The Kier molecular flexibility index (Phi) is 9.29. The predicted molar refractivity (Wildman–Crippen MR) is 135 cm³/mol. The van der Waals surface area contributed by atoms with Gasteiger partial charge in [-0.1, -0.05) is 60.0 Å². The van der Waals surface area contributed by atoms with E-state index in [0.717, 1.165) is 10.5 Å². The van der Waals surface area contributed by atoms with Crippen LogP contribution in [0.25, 0.3) is 0 Å². The first-order chi connectivity index (χ1) is 16.4. The van der Waals surface area contributed by atoms with E-state index in [9.17, 15) is 19.5 Å². The third-order valence-electron chi connectivity index (χ3n) is 4.92. The molecule has 8 nitrogen and oxygen atoms in total. The minimum Gasteiger partial charge on any atom is -0.444 e. The van der Waals surface area contributed by atoms with Crippen molar-refractivity contribution >= 4 is 35.2 Å². The van der Waals surface area contributed by atoms with Crippen LogP contribution < -0.4 is 10.6 Å². The number of nitrogens with one attached hydrogen (secondary N) is 2. The molecule has 0 aliphatic rings. The van der Waals surface area contributed by atoms with Crippen LogP contribution >= 0.6 is 11.6 Å². The van der Waals surface area contributed by atoms with Crippen LogP contribution in [-0.2, 0) is 14.3 Å². The Bertz CT molecular complexity index is 1100. The molecule has 3 N–H and O–H groups in total. The maximum Gasteiger partial charge on any atom is 0.408 e. The van der Waals surface area contributed by atoms with E-state index >= 15 is 0 Å². The molecule has 0 radical (unpaired) electrons. The second-order valence-corrected chi connectivity index (χ2v) is 9.36. The summed E-state index contributed by atoms with van der Waals surface area (Å²) in [6, 6.07) is 11.6. The van der Waals surface area contributed by atoms with Gasteiger partial charge in [-0.3, -0.25) is 14.5 Å². The summed E-state index contributed by atoms with van der Waals surface area (Å²) in [7, 11) is 0. The molecule has 0 fully saturated rings. The number of ether oxygens (including phenoxy) is 1. The Morgan fingerprint density at radius 1 is 1.14 bits per heavy atom. The van der Waals surface area contributed by atoms with Gasteiger partial charge in [-0.25, -0.2) is 4.79 Å². The molecule has 2 aromatic rings. The minimum absolute atomic E-state index is 0.319. The third kappa shape index (κ3) is 7.47. The molecule has 3 amide bonds. The summed E-state index contributed by atoms with van der Waals surface area (Å²) in [5.41, 5.74) is 1.64. The topological polar surface area (TPSA) is 108 Å². The Morgan fingerprint density at radius 3 is 2.29 bits per heavy atom. The molecule has 9 heteroatoms. The molecule has 0 saturated heterocycles. The second-order valence-electron chi connectivity index (χ2n) is 8.95. The molecular weight excluding hydrogens is 470 g/mol. The molecule has 0 aliphatic carbocycles. The van der Waals surface area contributed by atoms with Crippen LogP contribution in [-0.4, -0.2) is 46.2 Å². The van der Waals surface area contributed by atoms with Crippen molar-refractivity contribution in [3.8, 4) is 12.5 Å². The van der Waals surface area contributed by atoms with Gasteiger partial charge in [0.1, 0.15) is 17.7 Å². The number of carbonyl (C=O) groups is 3. The number of benzene rings is 2. The SMILES string of the molecule is C#CN(C(=O)C(CO)NC(=O)OC(C)(C)C)C(C(=O)Nc1c(C)cccc1Cl)c1ccc(C)cc1. The third-order valence-corrected chi connectivity index (χ3v) is 5.23. The number of halogens is 1. The zero-order valence-corrected chi connectivity index (χ0v) is 21.1. The number of rotatable bonds is 7. The number of para-hydroxylation sites is 1. The van der Waals surface area contributed by atoms with E-state index in [1.165, 1.54) is 0 Å². The molecule has 2 unspecified atom stereocenters. The average Bonchev–Trinajstić information content (AvgIpc) is 2.77. The van der Waals surface area contributed by atoms with Crippen LogP contribution in [0, 0.1) is 26.3 Å². The van der Waals surface area contributed by atoms with Crippen LogP contribution in [0.4, 0.5) is 10.5 Å².